The Kier molecular flexibility index (Phi) is 6.06. The first-order valence-electron chi connectivity index (χ1n) is 11.2. The third-order valence-electron chi connectivity index (χ3n) is 5.91. The molecule has 0 aliphatic heterocycles. The van der Waals surface area contributed by atoms with Gasteiger partial charge in [-0.15, -0.1) is 11.3 Å². The molecule has 0 spiro atoms. The zero-order valence-corrected chi connectivity index (χ0v) is 19.9. The van der Waals surface area contributed by atoms with E-state index in [0.717, 1.165) is 36.9 Å². The summed E-state index contributed by atoms with van der Waals surface area (Å²) in [5, 5.41) is 2.93. The fourth-order valence-corrected chi connectivity index (χ4v) is 5.43. The second-order valence-corrected chi connectivity index (χ2v) is 9.42. The van der Waals surface area contributed by atoms with Gasteiger partial charge in [0.25, 0.3) is 11.5 Å². The van der Waals surface area contributed by atoms with Crippen LogP contribution in [-0.2, 0) is 19.4 Å². The van der Waals surface area contributed by atoms with E-state index in [-0.39, 0.29) is 18.1 Å². The Morgan fingerprint density at radius 2 is 2.00 bits per heavy atom. The average molecular weight is 476 g/mol. The summed E-state index contributed by atoms with van der Waals surface area (Å²) in [4.78, 5) is 32.3. The minimum Gasteiger partial charge on any atom is -0.497 e. The molecule has 0 saturated heterocycles. The number of anilines is 1. The molecule has 0 saturated carbocycles. The molecule has 1 N–H and O–H groups in total. The molecule has 2 aromatic heterocycles. The number of fused-ring (bicyclic) bond motifs is 3. The van der Waals surface area contributed by atoms with Crippen LogP contribution in [0.15, 0.2) is 53.3 Å². The van der Waals surface area contributed by atoms with Gasteiger partial charge in [-0.2, -0.15) is 0 Å². The summed E-state index contributed by atoms with van der Waals surface area (Å²) in [6.07, 6.45) is 4.19. The van der Waals surface area contributed by atoms with Crippen LogP contribution in [0.2, 0.25) is 0 Å². The van der Waals surface area contributed by atoms with Crippen molar-refractivity contribution in [2.75, 3.05) is 12.4 Å². The molecule has 8 heteroatoms. The van der Waals surface area contributed by atoms with Crippen LogP contribution in [0.3, 0.4) is 0 Å². The highest BCUT2D eigenvalue weighted by atomic mass is 32.1. The first-order chi connectivity index (χ1) is 16.5. The number of methoxy groups -OCH3 is 1. The standard InChI is InChI=1S/C26H25N3O4S/c1-16-10-11-22(20(12-16)28-25(31)17-6-5-7-19(13-17)32-2)33-15-18-14-24(30)29-21-8-3-4-9-23(21)34-26(29)27-18/h5-7,10-14H,3-4,8-9,15H2,1-2H3,(H,28,31). The Labute approximate surface area is 201 Å². The molecule has 34 heavy (non-hydrogen) atoms. The van der Waals surface area contributed by atoms with Crippen LogP contribution in [-0.4, -0.2) is 22.4 Å². The van der Waals surface area contributed by atoms with E-state index in [1.54, 1.807) is 47.1 Å². The topological polar surface area (TPSA) is 81.9 Å². The molecule has 1 aliphatic carbocycles. The maximum atomic E-state index is 12.8. The van der Waals surface area contributed by atoms with Gasteiger partial charge < -0.3 is 14.8 Å². The Hall–Kier alpha value is -3.65. The largest absolute Gasteiger partial charge is 0.497 e. The Morgan fingerprint density at radius 1 is 1.15 bits per heavy atom. The molecule has 2 aromatic carbocycles. The van der Waals surface area contributed by atoms with Crippen molar-refractivity contribution in [1.29, 1.82) is 0 Å². The third kappa shape index (κ3) is 4.41. The van der Waals surface area contributed by atoms with E-state index in [9.17, 15) is 9.59 Å². The number of carbonyl (C=O) groups excluding carboxylic acids is 1. The molecule has 5 rings (SSSR count). The lowest BCUT2D eigenvalue weighted by atomic mass is 10.0. The number of aryl methyl sites for hydroxylation is 3. The number of ether oxygens (including phenoxy) is 2. The molecule has 174 valence electrons. The van der Waals surface area contributed by atoms with Gasteiger partial charge in [-0.3, -0.25) is 14.0 Å². The van der Waals surface area contributed by atoms with Crippen molar-refractivity contribution >= 4 is 27.9 Å². The summed E-state index contributed by atoms with van der Waals surface area (Å²) in [6, 6.07) is 14.1. The Morgan fingerprint density at radius 3 is 2.85 bits per heavy atom. The highest BCUT2D eigenvalue weighted by Gasteiger charge is 2.19. The normalized spacial score (nSPS) is 12.9. The van der Waals surface area contributed by atoms with Gasteiger partial charge in [-0.25, -0.2) is 4.98 Å². The van der Waals surface area contributed by atoms with E-state index < -0.39 is 0 Å². The maximum Gasteiger partial charge on any atom is 0.259 e. The van der Waals surface area contributed by atoms with E-state index in [1.165, 1.54) is 10.9 Å². The number of hydrogen-bond acceptors (Lipinski definition) is 6. The average Bonchev–Trinajstić information content (AvgIpc) is 3.22. The zero-order valence-electron chi connectivity index (χ0n) is 19.1. The number of aromatic nitrogens is 2. The number of thiazole rings is 1. The molecular weight excluding hydrogens is 450 g/mol. The smallest absolute Gasteiger partial charge is 0.259 e. The van der Waals surface area contributed by atoms with Gasteiger partial charge in [0.15, 0.2) is 4.96 Å². The number of amides is 1. The van der Waals surface area contributed by atoms with Gasteiger partial charge in [0.1, 0.15) is 18.1 Å². The van der Waals surface area contributed by atoms with Crippen molar-refractivity contribution in [2.45, 2.75) is 39.2 Å². The lowest BCUT2D eigenvalue weighted by Gasteiger charge is -2.14. The van der Waals surface area contributed by atoms with Crippen molar-refractivity contribution in [3.8, 4) is 11.5 Å². The van der Waals surface area contributed by atoms with E-state index >= 15 is 0 Å². The minimum atomic E-state index is -0.267. The quantitative estimate of drug-likeness (QED) is 0.434. The molecule has 0 unspecified atom stereocenters. The van der Waals surface area contributed by atoms with Crippen LogP contribution in [0.5, 0.6) is 11.5 Å². The summed E-state index contributed by atoms with van der Waals surface area (Å²) in [6.45, 7) is 2.07. The number of hydrogen-bond donors (Lipinski definition) is 1. The fourth-order valence-electron chi connectivity index (χ4n) is 4.19. The number of carbonyl (C=O) groups is 1. The van der Waals surface area contributed by atoms with Crippen molar-refractivity contribution in [2.24, 2.45) is 0 Å². The molecule has 0 radical (unpaired) electrons. The van der Waals surface area contributed by atoms with Crippen LogP contribution in [0, 0.1) is 6.92 Å². The van der Waals surface area contributed by atoms with Gasteiger partial charge in [-0.05, 0) is 68.5 Å². The van der Waals surface area contributed by atoms with Crippen molar-refractivity contribution in [3.05, 3.63) is 86.3 Å². The van der Waals surface area contributed by atoms with Crippen molar-refractivity contribution in [1.82, 2.24) is 9.38 Å². The highest BCUT2D eigenvalue weighted by molar-refractivity contribution is 7.17. The first-order valence-corrected chi connectivity index (χ1v) is 12.1. The molecule has 0 fully saturated rings. The molecule has 1 amide bonds. The Balaban J connectivity index is 1.37. The van der Waals surface area contributed by atoms with Crippen LogP contribution in [0.25, 0.3) is 4.96 Å². The maximum absolute atomic E-state index is 12.8. The highest BCUT2D eigenvalue weighted by Crippen LogP contribution is 2.29. The molecular formula is C26H25N3O4S. The van der Waals surface area contributed by atoms with E-state index in [4.69, 9.17) is 9.47 Å². The zero-order chi connectivity index (χ0) is 23.7. The number of rotatable bonds is 6. The van der Waals surface area contributed by atoms with Gasteiger partial charge in [0, 0.05) is 22.2 Å². The number of nitrogens with zero attached hydrogens (tertiary/aromatic N) is 2. The summed E-state index contributed by atoms with van der Waals surface area (Å²) < 4.78 is 13.0. The van der Waals surface area contributed by atoms with E-state index in [0.29, 0.717) is 33.4 Å². The molecule has 7 nitrogen and oxygen atoms in total. The second-order valence-electron chi connectivity index (χ2n) is 8.36. The van der Waals surface area contributed by atoms with E-state index in [1.807, 2.05) is 25.1 Å². The van der Waals surface area contributed by atoms with Gasteiger partial charge in [-0.1, -0.05) is 12.1 Å². The van der Waals surface area contributed by atoms with Crippen LogP contribution >= 0.6 is 11.3 Å². The van der Waals surface area contributed by atoms with Crippen molar-refractivity contribution in [3.63, 3.8) is 0 Å². The molecule has 4 aromatic rings. The first kappa shape index (κ1) is 22.2. The summed E-state index contributed by atoms with van der Waals surface area (Å²) in [5.74, 6) is 0.849. The summed E-state index contributed by atoms with van der Waals surface area (Å²) >= 11 is 1.59. The van der Waals surface area contributed by atoms with Crippen LogP contribution in [0.1, 0.15) is 45.0 Å². The van der Waals surface area contributed by atoms with Gasteiger partial charge in [0.2, 0.25) is 0 Å². The fraction of sp³-hybridized carbons (Fsp3) is 0.269. The summed E-state index contributed by atoms with van der Waals surface area (Å²) in [7, 11) is 1.56. The van der Waals surface area contributed by atoms with Crippen molar-refractivity contribution < 1.29 is 14.3 Å². The second kappa shape index (κ2) is 9.30. The molecule has 2 heterocycles. The lowest BCUT2D eigenvalue weighted by Crippen LogP contribution is -2.18. The predicted molar refractivity (Wildman–Crippen MR) is 132 cm³/mol. The third-order valence-corrected chi connectivity index (χ3v) is 7.05. The number of benzene rings is 2. The van der Waals surface area contributed by atoms with Crippen LogP contribution in [0.4, 0.5) is 5.69 Å². The molecule has 1 aliphatic rings. The molecule has 0 atom stereocenters. The van der Waals surface area contributed by atoms with E-state index in [2.05, 4.69) is 10.3 Å². The van der Waals surface area contributed by atoms with Gasteiger partial charge in [0.05, 0.1) is 18.5 Å². The molecule has 0 bridgehead atoms. The monoisotopic (exact) mass is 475 g/mol. The van der Waals surface area contributed by atoms with Gasteiger partial charge >= 0.3 is 0 Å². The number of nitrogens with one attached hydrogen (secondary N) is 1. The van der Waals surface area contributed by atoms with Crippen LogP contribution < -0.4 is 20.3 Å². The SMILES string of the molecule is COc1cccc(C(=O)Nc2cc(C)ccc2OCc2cc(=O)n3c4c(sc3n2)CCCC4)c1. The minimum absolute atomic E-state index is 0.0709. The Bertz CT molecular complexity index is 1440. The lowest BCUT2D eigenvalue weighted by molar-refractivity contribution is 0.102. The summed E-state index contributed by atoms with van der Waals surface area (Å²) in [5.41, 5.74) is 3.62. The predicted octanol–water partition coefficient (Wildman–Crippen LogP) is 4.78.